The lowest BCUT2D eigenvalue weighted by atomic mass is 9.78. The minimum atomic E-state index is -1.18. The molecule has 0 aliphatic carbocycles. The Balaban J connectivity index is 2.36. The molecule has 1 aliphatic heterocycles. The molecule has 3 heteroatoms. The van der Waals surface area contributed by atoms with E-state index in [1.807, 2.05) is 0 Å². The molecule has 2 nitrogen and oxygen atoms in total. The molecule has 1 fully saturated rings. The van der Waals surface area contributed by atoms with E-state index < -0.39 is 72.7 Å². The normalized spacial score (nSPS) is 25.7. The molecular weight excluding hydrogens is 259 g/mol. The molecule has 21 heavy (non-hydrogen) atoms. The molecule has 1 aliphatic rings. The summed E-state index contributed by atoms with van der Waals surface area (Å²) < 4.78 is 85.2. The van der Waals surface area contributed by atoms with E-state index in [1.165, 1.54) is 0 Å². The van der Waals surface area contributed by atoms with Crippen molar-refractivity contribution in [2.24, 2.45) is 0 Å². The SMILES string of the molecule is [2H]c1c([2H])c([2H])c(-c2c([2H])c([2H])c([2H])c(B3OC(C)(C)C(C)(C)O3)c2[2H])c([2H])c1[2H]. The summed E-state index contributed by atoms with van der Waals surface area (Å²) in [5, 5.41) is 0. The molecule has 0 unspecified atom stereocenters. The lowest BCUT2D eigenvalue weighted by Crippen LogP contribution is -2.41. The maximum atomic E-state index is 8.65. The van der Waals surface area contributed by atoms with Crippen molar-refractivity contribution in [3.63, 3.8) is 0 Å². The van der Waals surface area contributed by atoms with Crippen LogP contribution in [0.1, 0.15) is 40.0 Å². The number of hydrogen-bond acceptors (Lipinski definition) is 2. The third-order valence-electron chi connectivity index (χ3n) is 3.88. The average molecular weight is 289 g/mol. The van der Waals surface area contributed by atoms with Gasteiger partial charge in [-0.05, 0) is 44.3 Å². The average Bonchev–Trinajstić information content (AvgIpc) is 2.86. The van der Waals surface area contributed by atoms with Crippen LogP contribution in [0.5, 0.6) is 0 Å². The molecule has 108 valence electrons. The highest BCUT2D eigenvalue weighted by Crippen LogP contribution is 2.36. The number of rotatable bonds is 2. The van der Waals surface area contributed by atoms with E-state index in [1.54, 1.807) is 27.7 Å². The molecule has 2 aromatic carbocycles. The van der Waals surface area contributed by atoms with Crippen LogP contribution in [-0.4, -0.2) is 18.3 Å². The molecule has 3 rings (SSSR count). The Labute approximate surface area is 139 Å². The quantitative estimate of drug-likeness (QED) is 0.786. The summed E-state index contributed by atoms with van der Waals surface area (Å²) in [5.74, 6) is 0. The van der Waals surface area contributed by atoms with Gasteiger partial charge in [0.2, 0.25) is 0 Å². The van der Waals surface area contributed by atoms with Crippen LogP contribution in [0.15, 0.2) is 54.4 Å². The second-order valence-electron chi connectivity index (χ2n) is 5.88. The van der Waals surface area contributed by atoms with Gasteiger partial charge in [-0.3, -0.25) is 0 Å². The molecular formula is C18H21BO2. The Kier molecular flexibility index (Phi) is 1.70. The first-order valence-electron chi connectivity index (χ1n) is 11.2. The monoisotopic (exact) mass is 289 g/mol. The van der Waals surface area contributed by atoms with Gasteiger partial charge in [0, 0.05) is 0 Å². The highest BCUT2D eigenvalue weighted by atomic mass is 16.7. The summed E-state index contributed by atoms with van der Waals surface area (Å²) in [6, 6.07) is -4.95. The predicted octanol–water partition coefficient (Wildman–Crippen LogP) is 3.65. The minimum Gasteiger partial charge on any atom is -0.399 e. The molecule has 0 amide bonds. The maximum Gasteiger partial charge on any atom is 0.494 e. The number of benzene rings is 2. The van der Waals surface area contributed by atoms with E-state index in [4.69, 9.17) is 21.6 Å². The molecule has 0 N–H and O–H groups in total. The van der Waals surface area contributed by atoms with E-state index in [-0.39, 0.29) is 16.6 Å². The van der Waals surface area contributed by atoms with Gasteiger partial charge in [0.1, 0.15) is 0 Å². The fraction of sp³-hybridized carbons (Fsp3) is 0.333. The maximum absolute atomic E-state index is 8.65. The van der Waals surface area contributed by atoms with Gasteiger partial charge in [0.25, 0.3) is 0 Å². The molecule has 0 bridgehead atoms. The lowest BCUT2D eigenvalue weighted by Gasteiger charge is -2.32. The topological polar surface area (TPSA) is 18.5 Å². The van der Waals surface area contributed by atoms with Crippen LogP contribution in [0, 0.1) is 0 Å². The highest BCUT2D eigenvalue weighted by Gasteiger charge is 2.51. The van der Waals surface area contributed by atoms with Crippen molar-refractivity contribution in [1.29, 1.82) is 0 Å². The zero-order valence-corrected chi connectivity index (χ0v) is 12.4. The summed E-state index contributed by atoms with van der Waals surface area (Å²) >= 11 is 0. The van der Waals surface area contributed by atoms with Crippen molar-refractivity contribution < 1.29 is 21.6 Å². The smallest absolute Gasteiger partial charge is 0.399 e. The second-order valence-corrected chi connectivity index (χ2v) is 5.88. The molecule has 0 spiro atoms. The largest absolute Gasteiger partial charge is 0.494 e. The Morgan fingerprint density at radius 2 is 1.38 bits per heavy atom. The fourth-order valence-electron chi connectivity index (χ4n) is 1.94. The molecule has 0 atom stereocenters. The van der Waals surface area contributed by atoms with Crippen molar-refractivity contribution in [3.8, 4) is 11.1 Å². The summed E-state index contributed by atoms with van der Waals surface area (Å²) in [7, 11) is -1.18. The predicted molar refractivity (Wildman–Crippen MR) is 87.6 cm³/mol. The first kappa shape index (κ1) is 7.12. The van der Waals surface area contributed by atoms with Gasteiger partial charge in [-0.25, -0.2) is 0 Å². The Hall–Kier alpha value is -1.58. The Morgan fingerprint density at radius 1 is 0.810 bits per heavy atom. The van der Waals surface area contributed by atoms with E-state index in [9.17, 15) is 0 Å². The lowest BCUT2D eigenvalue weighted by molar-refractivity contribution is 0.00578. The molecule has 0 saturated carbocycles. The molecule has 0 aromatic heterocycles. The van der Waals surface area contributed by atoms with Crippen LogP contribution in [0.4, 0.5) is 0 Å². The van der Waals surface area contributed by atoms with Gasteiger partial charge in [0.15, 0.2) is 0 Å². The summed E-state index contributed by atoms with van der Waals surface area (Å²) in [6.07, 6.45) is 0. The van der Waals surface area contributed by atoms with Crippen molar-refractivity contribution in [2.75, 3.05) is 0 Å². The van der Waals surface area contributed by atoms with E-state index in [0.717, 1.165) is 0 Å². The molecule has 1 saturated heterocycles. The van der Waals surface area contributed by atoms with Crippen LogP contribution in [0.25, 0.3) is 11.1 Å². The van der Waals surface area contributed by atoms with Crippen molar-refractivity contribution >= 4 is 12.6 Å². The standard InChI is InChI=1S/C18H21BO2/c1-17(2)18(3,4)21-19(20-17)16-12-8-11-15(13-16)14-9-6-5-7-10-14/h5-13H,1-4H3/i5D,6D,7D,8D,9D,10D,11D,12D,13D. The first-order valence-corrected chi connectivity index (χ1v) is 6.67. The number of hydrogen-bond donors (Lipinski definition) is 0. The van der Waals surface area contributed by atoms with Gasteiger partial charge in [-0.15, -0.1) is 0 Å². The molecule has 0 radical (unpaired) electrons. The Morgan fingerprint density at radius 3 is 2.00 bits per heavy atom. The van der Waals surface area contributed by atoms with Gasteiger partial charge in [0.05, 0.1) is 23.5 Å². The van der Waals surface area contributed by atoms with Gasteiger partial charge in [-0.1, -0.05) is 54.4 Å². The van der Waals surface area contributed by atoms with Crippen LogP contribution < -0.4 is 5.46 Å². The van der Waals surface area contributed by atoms with Gasteiger partial charge < -0.3 is 9.31 Å². The highest BCUT2D eigenvalue weighted by molar-refractivity contribution is 6.62. The third kappa shape index (κ3) is 2.64. The minimum absolute atomic E-state index is 0.114. The summed E-state index contributed by atoms with van der Waals surface area (Å²) in [5.41, 5.74) is -2.36. The van der Waals surface area contributed by atoms with Gasteiger partial charge in [-0.2, -0.15) is 0 Å². The van der Waals surface area contributed by atoms with Crippen LogP contribution in [0.2, 0.25) is 0 Å². The Bertz CT molecular complexity index is 1020. The molecule has 1 heterocycles. The van der Waals surface area contributed by atoms with Crippen molar-refractivity contribution in [3.05, 3.63) is 54.4 Å². The van der Waals surface area contributed by atoms with Crippen molar-refractivity contribution in [2.45, 2.75) is 38.9 Å². The third-order valence-corrected chi connectivity index (χ3v) is 3.88. The van der Waals surface area contributed by atoms with E-state index >= 15 is 0 Å². The van der Waals surface area contributed by atoms with Crippen LogP contribution in [-0.2, 0) is 9.31 Å². The van der Waals surface area contributed by atoms with E-state index in [2.05, 4.69) is 0 Å². The summed E-state index contributed by atoms with van der Waals surface area (Å²) in [4.78, 5) is 0. The molecule has 2 aromatic rings. The zero-order chi connectivity index (χ0) is 22.9. The zero-order valence-electron chi connectivity index (χ0n) is 21.4. The fourth-order valence-corrected chi connectivity index (χ4v) is 1.94. The van der Waals surface area contributed by atoms with Crippen LogP contribution >= 0.6 is 0 Å². The van der Waals surface area contributed by atoms with E-state index in [0.29, 0.717) is 0 Å². The van der Waals surface area contributed by atoms with Crippen LogP contribution in [0.3, 0.4) is 0 Å². The van der Waals surface area contributed by atoms with Crippen molar-refractivity contribution in [1.82, 2.24) is 0 Å². The second kappa shape index (κ2) is 5.01. The first-order chi connectivity index (χ1) is 13.6. The van der Waals surface area contributed by atoms with Gasteiger partial charge >= 0.3 is 7.12 Å². The summed E-state index contributed by atoms with van der Waals surface area (Å²) in [6.45, 7) is 7.16.